The minimum atomic E-state index is -0.0811. The summed E-state index contributed by atoms with van der Waals surface area (Å²) in [5.74, 6) is 0. The number of aliphatic hydroxyl groups excluding tert-OH is 1. The molecule has 0 aromatic carbocycles. The van der Waals surface area contributed by atoms with Crippen molar-refractivity contribution in [1.29, 1.82) is 0 Å². The number of halogens is 1. The van der Waals surface area contributed by atoms with Crippen LogP contribution >= 0.6 is 11.6 Å². The van der Waals surface area contributed by atoms with Crippen LogP contribution < -0.4 is 0 Å². The fourth-order valence-corrected chi connectivity index (χ4v) is 1.27. The summed E-state index contributed by atoms with van der Waals surface area (Å²) in [5.41, 5.74) is 2.11. The Morgan fingerprint density at radius 1 is 1.20 bits per heavy atom. The van der Waals surface area contributed by atoms with Crippen LogP contribution in [-0.4, -0.2) is 20.1 Å². The van der Waals surface area contributed by atoms with Crippen molar-refractivity contribution < 1.29 is 5.11 Å². The first kappa shape index (κ1) is 10.0. The van der Waals surface area contributed by atoms with Gasteiger partial charge in [0.15, 0.2) is 0 Å². The zero-order valence-corrected chi connectivity index (χ0v) is 8.52. The van der Waals surface area contributed by atoms with Crippen LogP contribution in [0, 0.1) is 0 Å². The van der Waals surface area contributed by atoms with Gasteiger partial charge >= 0.3 is 0 Å². The average molecular weight is 222 g/mol. The van der Waals surface area contributed by atoms with Crippen LogP contribution in [0.25, 0.3) is 11.3 Å². The van der Waals surface area contributed by atoms with Crippen molar-refractivity contribution in [2.24, 2.45) is 0 Å². The molecule has 0 atom stereocenters. The van der Waals surface area contributed by atoms with Crippen LogP contribution in [0.3, 0.4) is 0 Å². The van der Waals surface area contributed by atoms with E-state index >= 15 is 0 Å². The first-order valence-electron chi connectivity index (χ1n) is 4.34. The molecule has 5 heteroatoms. The first-order chi connectivity index (χ1) is 7.29. The van der Waals surface area contributed by atoms with Crippen molar-refractivity contribution in [1.82, 2.24) is 15.0 Å². The second-order valence-corrected chi connectivity index (χ2v) is 3.25. The molecule has 15 heavy (non-hydrogen) atoms. The Hall–Kier alpha value is -1.52. The monoisotopic (exact) mass is 221 g/mol. The van der Waals surface area contributed by atoms with E-state index in [9.17, 15) is 0 Å². The summed E-state index contributed by atoms with van der Waals surface area (Å²) in [7, 11) is 0. The number of rotatable bonds is 2. The van der Waals surface area contributed by atoms with Crippen LogP contribution in [0.2, 0.25) is 5.28 Å². The minimum absolute atomic E-state index is 0.0811. The smallest absolute Gasteiger partial charge is 0.222 e. The maximum Gasteiger partial charge on any atom is 0.222 e. The standard InChI is InChI=1S/C10H8ClN3O/c11-10-12-4-7(5-13-10)9-3-1-2-8(6-15)14-9/h1-5,15H,6H2. The molecule has 2 heterocycles. The molecule has 0 spiro atoms. The number of hydrogen-bond donors (Lipinski definition) is 1. The SMILES string of the molecule is OCc1cccc(-c2cnc(Cl)nc2)n1. The highest BCUT2D eigenvalue weighted by molar-refractivity contribution is 6.28. The molecule has 1 N–H and O–H groups in total. The largest absolute Gasteiger partial charge is 0.390 e. The molecule has 0 amide bonds. The summed E-state index contributed by atoms with van der Waals surface area (Å²) in [6.45, 7) is -0.0811. The van der Waals surface area contributed by atoms with Crippen LogP contribution in [0.5, 0.6) is 0 Å². The fourth-order valence-electron chi connectivity index (χ4n) is 1.17. The molecule has 0 bridgehead atoms. The molecule has 2 aromatic rings. The third-order valence-electron chi connectivity index (χ3n) is 1.88. The molecule has 0 saturated carbocycles. The normalized spacial score (nSPS) is 10.3. The van der Waals surface area contributed by atoms with Gasteiger partial charge in [0.05, 0.1) is 18.0 Å². The van der Waals surface area contributed by atoms with E-state index in [-0.39, 0.29) is 11.9 Å². The summed E-state index contributed by atoms with van der Waals surface area (Å²) >= 11 is 5.58. The Morgan fingerprint density at radius 2 is 1.93 bits per heavy atom. The van der Waals surface area contributed by atoms with Crippen LogP contribution in [0.15, 0.2) is 30.6 Å². The highest BCUT2D eigenvalue weighted by Crippen LogP contribution is 2.15. The Labute approximate surface area is 91.6 Å². The zero-order chi connectivity index (χ0) is 10.7. The van der Waals surface area contributed by atoms with E-state index in [1.165, 1.54) is 0 Å². The van der Waals surface area contributed by atoms with Gasteiger partial charge in [0.25, 0.3) is 0 Å². The molecule has 2 rings (SSSR count). The third kappa shape index (κ3) is 2.29. The van der Waals surface area contributed by atoms with Crippen molar-refractivity contribution in [3.63, 3.8) is 0 Å². The topological polar surface area (TPSA) is 58.9 Å². The molecule has 4 nitrogen and oxygen atoms in total. The van der Waals surface area contributed by atoms with Crippen molar-refractivity contribution in [3.05, 3.63) is 41.6 Å². The van der Waals surface area contributed by atoms with Gasteiger partial charge in [-0.1, -0.05) is 6.07 Å². The lowest BCUT2D eigenvalue weighted by Gasteiger charge is -2.01. The van der Waals surface area contributed by atoms with Gasteiger partial charge < -0.3 is 5.11 Å². The highest BCUT2D eigenvalue weighted by Gasteiger charge is 2.01. The van der Waals surface area contributed by atoms with Gasteiger partial charge in [-0.25, -0.2) is 9.97 Å². The summed E-state index contributed by atoms with van der Waals surface area (Å²) in [6.07, 6.45) is 3.19. The van der Waals surface area contributed by atoms with E-state index in [2.05, 4.69) is 15.0 Å². The molecule has 0 saturated heterocycles. The molecular formula is C10H8ClN3O. The Balaban J connectivity index is 2.40. The van der Waals surface area contributed by atoms with Gasteiger partial charge in [-0.15, -0.1) is 0 Å². The molecule has 2 aromatic heterocycles. The lowest BCUT2D eigenvalue weighted by Crippen LogP contribution is -1.92. The van der Waals surface area contributed by atoms with E-state index in [1.54, 1.807) is 18.5 Å². The van der Waals surface area contributed by atoms with Crippen molar-refractivity contribution in [3.8, 4) is 11.3 Å². The van der Waals surface area contributed by atoms with E-state index in [1.807, 2.05) is 12.1 Å². The molecule has 0 aliphatic heterocycles. The van der Waals surface area contributed by atoms with Gasteiger partial charge in [0, 0.05) is 18.0 Å². The summed E-state index contributed by atoms with van der Waals surface area (Å²) in [6, 6.07) is 5.40. The molecule has 0 radical (unpaired) electrons. The molecule has 0 unspecified atom stereocenters. The maximum absolute atomic E-state index is 8.94. The Morgan fingerprint density at radius 3 is 2.60 bits per heavy atom. The second-order valence-electron chi connectivity index (χ2n) is 2.91. The summed E-state index contributed by atoms with van der Waals surface area (Å²) < 4.78 is 0. The van der Waals surface area contributed by atoms with Gasteiger partial charge in [-0.2, -0.15) is 0 Å². The molecule has 0 fully saturated rings. The van der Waals surface area contributed by atoms with E-state index in [4.69, 9.17) is 16.7 Å². The second kappa shape index (κ2) is 4.33. The summed E-state index contributed by atoms with van der Waals surface area (Å²) in [5, 5.41) is 9.14. The van der Waals surface area contributed by atoms with E-state index < -0.39 is 0 Å². The van der Waals surface area contributed by atoms with Gasteiger partial charge in [0.1, 0.15) is 0 Å². The fraction of sp³-hybridized carbons (Fsp3) is 0.100. The average Bonchev–Trinajstić information content (AvgIpc) is 2.30. The predicted octanol–water partition coefficient (Wildman–Crippen LogP) is 1.68. The predicted molar refractivity (Wildman–Crippen MR) is 56.2 cm³/mol. The van der Waals surface area contributed by atoms with E-state index in [0.717, 1.165) is 11.3 Å². The molecular weight excluding hydrogens is 214 g/mol. The van der Waals surface area contributed by atoms with Gasteiger partial charge in [-0.05, 0) is 23.7 Å². The number of hydrogen-bond acceptors (Lipinski definition) is 4. The van der Waals surface area contributed by atoms with Crippen molar-refractivity contribution >= 4 is 11.6 Å². The molecule has 0 aliphatic rings. The molecule has 0 aliphatic carbocycles. The number of aliphatic hydroxyl groups is 1. The quantitative estimate of drug-likeness (QED) is 0.784. The number of pyridine rings is 1. The first-order valence-corrected chi connectivity index (χ1v) is 4.72. The third-order valence-corrected chi connectivity index (χ3v) is 2.08. The van der Waals surface area contributed by atoms with Gasteiger partial charge in [-0.3, -0.25) is 4.98 Å². The van der Waals surface area contributed by atoms with Gasteiger partial charge in [0.2, 0.25) is 5.28 Å². The summed E-state index contributed by atoms with van der Waals surface area (Å²) in [4.78, 5) is 11.9. The molecule has 76 valence electrons. The van der Waals surface area contributed by atoms with Crippen LogP contribution in [0.1, 0.15) is 5.69 Å². The maximum atomic E-state index is 8.94. The van der Waals surface area contributed by atoms with Crippen LogP contribution in [0.4, 0.5) is 0 Å². The van der Waals surface area contributed by atoms with E-state index in [0.29, 0.717) is 5.69 Å². The van der Waals surface area contributed by atoms with Crippen molar-refractivity contribution in [2.45, 2.75) is 6.61 Å². The Kier molecular flexibility index (Phi) is 2.89. The lowest BCUT2D eigenvalue weighted by molar-refractivity contribution is 0.277. The number of nitrogens with zero attached hydrogens (tertiary/aromatic N) is 3. The van der Waals surface area contributed by atoms with Crippen molar-refractivity contribution in [2.75, 3.05) is 0 Å². The Bertz CT molecular complexity index is 458. The minimum Gasteiger partial charge on any atom is -0.390 e. The number of aromatic nitrogens is 3. The zero-order valence-electron chi connectivity index (χ0n) is 7.76. The lowest BCUT2D eigenvalue weighted by atomic mass is 10.2. The highest BCUT2D eigenvalue weighted by atomic mass is 35.5. The van der Waals surface area contributed by atoms with Crippen LogP contribution in [-0.2, 0) is 6.61 Å².